The van der Waals surface area contributed by atoms with E-state index in [9.17, 15) is 22.8 Å². The summed E-state index contributed by atoms with van der Waals surface area (Å²) in [7, 11) is 2.86. The Balaban J connectivity index is 1.87. The molecule has 0 saturated carbocycles. The van der Waals surface area contributed by atoms with E-state index in [0.717, 1.165) is 4.68 Å². The van der Waals surface area contributed by atoms with Gasteiger partial charge in [0.05, 0.1) is 20.6 Å². The lowest BCUT2D eigenvalue weighted by molar-refractivity contribution is -0.145. The molecule has 0 bridgehead atoms. The highest BCUT2D eigenvalue weighted by Gasteiger charge is 2.41. The fourth-order valence-corrected chi connectivity index (χ4v) is 2.53. The summed E-state index contributed by atoms with van der Waals surface area (Å²) < 4.78 is 49.4. The van der Waals surface area contributed by atoms with E-state index in [1.54, 1.807) is 6.07 Å². The standard InChI is InChI=1S/C15H14F3N5O4/c1-26-9-4-3-7(5-10(9)27-2)19-12(25)8-6-11(24)20-14-21-13(15(16,17)18)22-23(8)14/h3-5,8H,6H2,1-2H3,(H,19,25)(H,20,21,22,24)/t8-/m0/s1. The monoisotopic (exact) mass is 385 g/mol. The maximum Gasteiger partial charge on any atom is 0.453 e. The number of rotatable bonds is 4. The molecule has 1 aliphatic heterocycles. The summed E-state index contributed by atoms with van der Waals surface area (Å²) in [6.45, 7) is 0. The lowest BCUT2D eigenvalue weighted by Gasteiger charge is -2.22. The third-order valence-corrected chi connectivity index (χ3v) is 3.76. The van der Waals surface area contributed by atoms with Crippen molar-refractivity contribution in [2.24, 2.45) is 0 Å². The Morgan fingerprint density at radius 3 is 2.63 bits per heavy atom. The highest BCUT2D eigenvalue weighted by molar-refractivity contribution is 6.00. The number of benzene rings is 1. The number of nitrogens with one attached hydrogen (secondary N) is 2. The number of carbonyl (C=O) groups excluding carboxylic acids is 2. The smallest absolute Gasteiger partial charge is 0.453 e. The molecular formula is C15H14F3N5O4. The molecule has 1 atom stereocenters. The first-order valence-corrected chi connectivity index (χ1v) is 7.59. The molecule has 2 aromatic rings. The fraction of sp³-hybridized carbons (Fsp3) is 0.333. The average Bonchev–Trinajstić information content (AvgIpc) is 3.05. The summed E-state index contributed by atoms with van der Waals surface area (Å²) in [5, 5.41) is 8.01. The van der Waals surface area contributed by atoms with Crippen molar-refractivity contribution in [3.63, 3.8) is 0 Å². The number of aromatic nitrogens is 3. The third-order valence-electron chi connectivity index (χ3n) is 3.76. The molecule has 2 N–H and O–H groups in total. The molecule has 0 spiro atoms. The minimum atomic E-state index is -4.81. The van der Waals surface area contributed by atoms with E-state index in [2.05, 4.69) is 20.7 Å². The van der Waals surface area contributed by atoms with Gasteiger partial charge in [-0.05, 0) is 12.1 Å². The molecule has 0 unspecified atom stereocenters. The Hall–Kier alpha value is -3.31. The van der Waals surface area contributed by atoms with Crippen LogP contribution in [0, 0.1) is 0 Å². The molecule has 0 saturated heterocycles. The van der Waals surface area contributed by atoms with Crippen LogP contribution in [0.15, 0.2) is 18.2 Å². The molecule has 1 aliphatic rings. The van der Waals surface area contributed by atoms with Crippen molar-refractivity contribution in [2.45, 2.75) is 18.6 Å². The number of ether oxygens (including phenoxy) is 2. The molecule has 0 radical (unpaired) electrons. The van der Waals surface area contributed by atoms with E-state index < -0.39 is 35.8 Å². The van der Waals surface area contributed by atoms with Gasteiger partial charge in [-0.3, -0.25) is 14.9 Å². The van der Waals surface area contributed by atoms with Gasteiger partial charge in [-0.15, -0.1) is 5.10 Å². The van der Waals surface area contributed by atoms with Crippen LogP contribution in [0.5, 0.6) is 11.5 Å². The predicted molar refractivity (Wildman–Crippen MR) is 85.5 cm³/mol. The van der Waals surface area contributed by atoms with Crippen LogP contribution in [0.1, 0.15) is 18.3 Å². The molecule has 12 heteroatoms. The van der Waals surface area contributed by atoms with Crippen LogP contribution in [0.4, 0.5) is 24.8 Å². The molecule has 1 aromatic carbocycles. The Bertz CT molecular complexity index is 896. The molecule has 0 aliphatic carbocycles. The molecule has 2 heterocycles. The zero-order chi connectivity index (χ0) is 19.8. The van der Waals surface area contributed by atoms with Crippen molar-refractivity contribution in [2.75, 3.05) is 24.9 Å². The molecule has 9 nitrogen and oxygen atoms in total. The number of halogens is 3. The number of fused-ring (bicyclic) bond motifs is 1. The van der Waals surface area contributed by atoms with Gasteiger partial charge in [0.2, 0.25) is 17.8 Å². The SMILES string of the molecule is COc1ccc(NC(=O)[C@@H]2CC(=O)Nc3nc(C(F)(F)F)nn32)cc1OC. The van der Waals surface area contributed by atoms with Crippen LogP contribution in [0.2, 0.25) is 0 Å². The molecule has 27 heavy (non-hydrogen) atoms. The molecule has 1 aromatic heterocycles. The number of carbonyl (C=O) groups is 2. The Labute approximate surface area is 150 Å². The zero-order valence-corrected chi connectivity index (χ0v) is 14.1. The number of hydrogen-bond acceptors (Lipinski definition) is 6. The summed E-state index contributed by atoms with van der Waals surface area (Å²) in [4.78, 5) is 27.5. The van der Waals surface area contributed by atoms with E-state index >= 15 is 0 Å². The van der Waals surface area contributed by atoms with Crippen molar-refractivity contribution in [3.05, 3.63) is 24.0 Å². The van der Waals surface area contributed by atoms with Gasteiger partial charge in [-0.2, -0.15) is 18.2 Å². The first-order chi connectivity index (χ1) is 12.7. The van der Waals surface area contributed by atoms with Gasteiger partial charge < -0.3 is 14.8 Å². The number of nitrogens with zero attached hydrogens (tertiary/aromatic N) is 3. The molecule has 144 valence electrons. The number of hydrogen-bond donors (Lipinski definition) is 2. The van der Waals surface area contributed by atoms with Crippen molar-refractivity contribution in [1.82, 2.24) is 14.8 Å². The lowest BCUT2D eigenvalue weighted by atomic mass is 10.1. The van der Waals surface area contributed by atoms with Crippen LogP contribution >= 0.6 is 0 Å². The van der Waals surface area contributed by atoms with Crippen LogP contribution in [-0.4, -0.2) is 40.8 Å². The lowest BCUT2D eigenvalue weighted by Crippen LogP contribution is -2.36. The summed E-state index contributed by atoms with van der Waals surface area (Å²) in [6, 6.07) is 3.25. The maximum atomic E-state index is 12.8. The fourth-order valence-electron chi connectivity index (χ4n) is 2.53. The van der Waals surface area contributed by atoms with E-state index in [1.807, 2.05) is 0 Å². The minimum absolute atomic E-state index is 0.307. The number of amides is 2. The van der Waals surface area contributed by atoms with E-state index in [1.165, 1.54) is 26.4 Å². The second kappa shape index (κ2) is 6.78. The average molecular weight is 385 g/mol. The number of anilines is 2. The second-order valence-corrected chi connectivity index (χ2v) is 5.53. The summed E-state index contributed by atoms with van der Waals surface area (Å²) in [5.74, 6) is -2.47. The summed E-state index contributed by atoms with van der Waals surface area (Å²) >= 11 is 0. The van der Waals surface area contributed by atoms with Crippen molar-refractivity contribution >= 4 is 23.5 Å². The molecule has 3 rings (SSSR count). The topological polar surface area (TPSA) is 107 Å². The van der Waals surface area contributed by atoms with E-state index in [0.29, 0.717) is 17.2 Å². The Morgan fingerprint density at radius 1 is 1.30 bits per heavy atom. The van der Waals surface area contributed by atoms with E-state index in [-0.39, 0.29) is 6.42 Å². The third kappa shape index (κ3) is 3.64. The van der Waals surface area contributed by atoms with Gasteiger partial charge in [0.25, 0.3) is 5.82 Å². The minimum Gasteiger partial charge on any atom is -0.493 e. The zero-order valence-electron chi connectivity index (χ0n) is 14.1. The first-order valence-electron chi connectivity index (χ1n) is 7.59. The van der Waals surface area contributed by atoms with Gasteiger partial charge in [-0.25, -0.2) is 4.68 Å². The van der Waals surface area contributed by atoms with Crippen LogP contribution in [0.3, 0.4) is 0 Å². The molecule has 2 amide bonds. The van der Waals surface area contributed by atoms with Crippen LogP contribution < -0.4 is 20.1 Å². The van der Waals surface area contributed by atoms with Crippen LogP contribution in [-0.2, 0) is 15.8 Å². The van der Waals surface area contributed by atoms with E-state index in [4.69, 9.17) is 9.47 Å². The van der Waals surface area contributed by atoms with Crippen LogP contribution in [0.25, 0.3) is 0 Å². The molecule has 0 fully saturated rings. The molecular weight excluding hydrogens is 371 g/mol. The summed E-state index contributed by atoms with van der Waals surface area (Å²) in [5.41, 5.74) is 0.307. The second-order valence-electron chi connectivity index (χ2n) is 5.53. The first kappa shape index (κ1) is 18.5. The predicted octanol–water partition coefficient (Wildman–Crippen LogP) is 1.84. The normalized spacial score (nSPS) is 16.3. The Morgan fingerprint density at radius 2 is 2.00 bits per heavy atom. The largest absolute Gasteiger partial charge is 0.493 e. The van der Waals surface area contributed by atoms with Gasteiger partial charge in [0, 0.05) is 11.8 Å². The number of methoxy groups -OCH3 is 2. The van der Waals surface area contributed by atoms with Gasteiger partial charge in [0.15, 0.2) is 11.5 Å². The van der Waals surface area contributed by atoms with Gasteiger partial charge in [-0.1, -0.05) is 0 Å². The van der Waals surface area contributed by atoms with Gasteiger partial charge >= 0.3 is 6.18 Å². The Kier molecular flexibility index (Phi) is 4.64. The number of alkyl halides is 3. The van der Waals surface area contributed by atoms with Gasteiger partial charge in [0.1, 0.15) is 6.04 Å². The highest BCUT2D eigenvalue weighted by Crippen LogP contribution is 2.33. The quantitative estimate of drug-likeness (QED) is 0.832. The maximum absolute atomic E-state index is 12.8. The van der Waals surface area contributed by atoms with Crippen molar-refractivity contribution in [3.8, 4) is 11.5 Å². The van der Waals surface area contributed by atoms with Crippen molar-refractivity contribution < 1.29 is 32.2 Å². The summed E-state index contributed by atoms with van der Waals surface area (Å²) in [6.07, 6.45) is -5.19. The highest BCUT2D eigenvalue weighted by atomic mass is 19.4. The van der Waals surface area contributed by atoms with Crippen molar-refractivity contribution in [1.29, 1.82) is 0 Å².